The van der Waals surface area contributed by atoms with E-state index in [0.717, 1.165) is 6.42 Å². The molecular weight excluding hydrogens is 226 g/mol. The van der Waals surface area contributed by atoms with Gasteiger partial charge in [0.1, 0.15) is 11.2 Å². The van der Waals surface area contributed by atoms with Gasteiger partial charge < -0.3 is 10.1 Å². The van der Waals surface area contributed by atoms with Crippen molar-refractivity contribution < 1.29 is 4.79 Å². The zero-order valence-corrected chi connectivity index (χ0v) is 10.7. The van der Waals surface area contributed by atoms with Crippen molar-refractivity contribution in [1.82, 2.24) is 5.32 Å². The monoisotopic (exact) mass is 243 g/mol. The lowest BCUT2D eigenvalue weighted by Crippen LogP contribution is -2.18. The predicted octanol–water partition coefficient (Wildman–Crippen LogP) is 3.12. The fourth-order valence-corrected chi connectivity index (χ4v) is 3.48. The van der Waals surface area contributed by atoms with Crippen LogP contribution >= 0.6 is 21.6 Å². The molecule has 0 saturated heterocycles. The molecule has 2 nitrogen and oxygen atoms in total. The Morgan fingerprint density at radius 3 is 2.93 bits per heavy atom. The number of dihydropyridines is 1. The third kappa shape index (κ3) is 5.95. The van der Waals surface area contributed by atoms with Crippen molar-refractivity contribution >= 4 is 27.4 Å². The van der Waals surface area contributed by atoms with Gasteiger partial charge in [-0.25, -0.2) is 0 Å². The van der Waals surface area contributed by atoms with Crippen molar-refractivity contribution in [3.63, 3.8) is 0 Å². The molecule has 1 rings (SSSR count). The molecule has 0 aromatic rings. The fraction of sp³-hybridized carbons (Fsp3) is 0.545. The van der Waals surface area contributed by atoms with Crippen molar-refractivity contribution in [2.24, 2.45) is 0 Å². The van der Waals surface area contributed by atoms with Crippen LogP contribution in [0.25, 0.3) is 0 Å². The van der Waals surface area contributed by atoms with Crippen LogP contribution in [0, 0.1) is 0 Å². The lowest BCUT2D eigenvalue weighted by atomic mass is 10.2. The molecule has 0 fully saturated rings. The van der Waals surface area contributed by atoms with E-state index in [4.69, 9.17) is 0 Å². The number of carbonyl (C=O) groups excluding carboxylic acids is 1. The summed E-state index contributed by atoms with van der Waals surface area (Å²) in [7, 11) is 3.66. The smallest absolute Gasteiger partial charge is 0.129 e. The highest BCUT2D eigenvalue weighted by Crippen LogP contribution is 2.33. The van der Waals surface area contributed by atoms with E-state index in [-0.39, 0.29) is 5.78 Å². The van der Waals surface area contributed by atoms with Crippen LogP contribution in [-0.2, 0) is 4.79 Å². The van der Waals surface area contributed by atoms with Crippen molar-refractivity contribution in [1.29, 1.82) is 0 Å². The molecule has 0 saturated carbocycles. The molecule has 0 radical (unpaired) electrons. The molecule has 0 aromatic heterocycles. The molecule has 0 aliphatic carbocycles. The summed E-state index contributed by atoms with van der Waals surface area (Å²) in [5, 5.41) is 4.14. The van der Waals surface area contributed by atoms with Gasteiger partial charge >= 0.3 is 0 Å². The second kappa shape index (κ2) is 7.01. The second-order valence-corrected chi connectivity index (χ2v) is 6.43. The Morgan fingerprint density at radius 1 is 1.53 bits per heavy atom. The molecule has 0 bridgehead atoms. The first kappa shape index (κ1) is 12.7. The molecule has 0 amide bonds. The number of allylic oxidation sites excluding steroid dienone is 2. The van der Waals surface area contributed by atoms with Crippen LogP contribution in [0.15, 0.2) is 24.4 Å². The molecule has 2 atom stereocenters. The third-order valence-electron chi connectivity index (χ3n) is 1.98. The zero-order valence-electron chi connectivity index (χ0n) is 9.10. The standard InChI is InChI=1S/C11H17NOS2/c1-9(13)6-7-10(2)14-15-11-5-3-4-8-12-11/h3-5,8,10-12H,6-7H2,1-2H3. The number of hydrogen-bond acceptors (Lipinski definition) is 4. The number of Topliss-reactive ketones (excluding diaryl/α,β-unsaturated/α-hetero) is 1. The Bertz CT molecular complexity index is 263. The van der Waals surface area contributed by atoms with Gasteiger partial charge in [-0.05, 0) is 25.6 Å². The van der Waals surface area contributed by atoms with Gasteiger partial charge in [-0.3, -0.25) is 0 Å². The highest BCUT2D eigenvalue weighted by atomic mass is 33.1. The summed E-state index contributed by atoms with van der Waals surface area (Å²) in [6.07, 6.45) is 9.80. The Balaban J connectivity index is 2.10. The number of nitrogens with one attached hydrogen (secondary N) is 1. The van der Waals surface area contributed by atoms with Gasteiger partial charge in [0.25, 0.3) is 0 Å². The minimum absolute atomic E-state index is 0.283. The minimum atomic E-state index is 0.283. The quantitative estimate of drug-likeness (QED) is 0.726. The SMILES string of the molecule is CC(=O)CCC(C)SSC1C=CC=CN1. The van der Waals surface area contributed by atoms with Crippen LogP contribution in [0.1, 0.15) is 26.7 Å². The summed E-state index contributed by atoms with van der Waals surface area (Å²) in [6, 6.07) is 0. The molecule has 0 spiro atoms. The van der Waals surface area contributed by atoms with Crippen molar-refractivity contribution in [3.05, 3.63) is 24.4 Å². The first-order valence-electron chi connectivity index (χ1n) is 5.09. The van der Waals surface area contributed by atoms with Crippen LogP contribution < -0.4 is 5.32 Å². The molecule has 1 aliphatic heterocycles. The van der Waals surface area contributed by atoms with E-state index in [0.29, 0.717) is 17.0 Å². The lowest BCUT2D eigenvalue weighted by molar-refractivity contribution is -0.117. The van der Waals surface area contributed by atoms with E-state index in [1.54, 1.807) is 6.92 Å². The maximum atomic E-state index is 10.8. The topological polar surface area (TPSA) is 29.1 Å². The highest BCUT2D eigenvalue weighted by Gasteiger charge is 2.09. The first-order chi connectivity index (χ1) is 7.18. The van der Waals surface area contributed by atoms with Gasteiger partial charge in [-0.15, -0.1) is 0 Å². The summed E-state index contributed by atoms with van der Waals surface area (Å²) in [4.78, 5) is 10.8. The van der Waals surface area contributed by atoms with E-state index < -0.39 is 0 Å². The van der Waals surface area contributed by atoms with Crippen LogP contribution in [0.2, 0.25) is 0 Å². The molecular formula is C11H17NOS2. The minimum Gasteiger partial charge on any atom is -0.375 e. The van der Waals surface area contributed by atoms with E-state index in [2.05, 4.69) is 24.4 Å². The molecule has 1 aliphatic rings. The number of hydrogen-bond donors (Lipinski definition) is 1. The highest BCUT2D eigenvalue weighted by molar-refractivity contribution is 8.77. The Morgan fingerprint density at radius 2 is 2.33 bits per heavy atom. The van der Waals surface area contributed by atoms with Gasteiger partial charge in [0.05, 0.1) is 0 Å². The van der Waals surface area contributed by atoms with Gasteiger partial charge in [0.2, 0.25) is 0 Å². The van der Waals surface area contributed by atoms with Gasteiger partial charge in [0, 0.05) is 11.7 Å². The first-order valence-corrected chi connectivity index (χ1v) is 7.37. The Kier molecular flexibility index (Phi) is 5.95. The number of rotatable bonds is 6. The zero-order chi connectivity index (χ0) is 11.1. The van der Waals surface area contributed by atoms with Crippen LogP contribution in [-0.4, -0.2) is 16.4 Å². The number of ketones is 1. The molecule has 15 heavy (non-hydrogen) atoms. The summed E-state index contributed by atoms with van der Waals surface area (Å²) < 4.78 is 0. The van der Waals surface area contributed by atoms with Gasteiger partial charge in [-0.1, -0.05) is 40.7 Å². The Labute approximate surface area is 99.4 Å². The largest absolute Gasteiger partial charge is 0.375 e. The third-order valence-corrected chi connectivity index (χ3v) is 5.10. The van der Waals surface area contributed by atoms with Crippen LogP contribution in [0.3, 0.4) is 0 Å². The molecule has 4 heteroatoms. The van der Waals surface area contributed by atoms with Crippen molar-refractivity contribution in [2.45, 2.75) is 37.3 Å². The second-order valence-electron chi connectivity index (χ2n) is 3.58. The maximum absolute atomic E-state index is 10.8. The average Bonchev–Trinajstić information content (AvgIpc) is 2.25. The summed E-state index contributed by atoms with van der Waals surface area (Å²) in [6.45, 7) is 3.82. The molecule has 1 heterocycles. The van der Waals surface area contributed by atoms with Gasteiger partial charge in [-0.2, -0.15) is 0 Å². The molecule has 84 valence electrons. The van der Waals surface area contributed by atoms with Crippen molar-refractivity contribution in [2.75, 3.05) is 0 Å². The Hall–Kier alpha value is -0.350. The normalized spacial score (nSPS) is 21.1. The van der Waals surface area contributed by atoms with E-state index in [9.17, 15) is 4.79 Å². The van der Waals surface area contributed by atoms with Gasteiger partial charge in [0.15, 0.2) is 0 Å². The van der Waals surface area contributed by atoms with E-state index >= 15 is 0 Å². The summed E-state index contributed by atoms with van der Waals surface area (Å²) in [5.74, 6) is 0.283. The number of carbonyl (C=O) groups is 1. The van der Waals surface area contributed by atoms with E-state index in [1.165, 1.54) is 0 Å². The van der Waals surface area contributed by atoms with Crippen LogP contribution in [0.5, 0.6) is 0 Å². The fourth-order valence-electron chi connectivity index (χ4n) is 1.10. The average molecular weight is 243 g/mol. The lowest BCUT2D eigenvalue weighted by Gasteiger charge is -2.16. The molecule has 2 unspecified atom stereocenters. The summed E-state index contributed by atoms with van der Waals surface area (Å²) in [5.41, 5.74) is 0. The van der Waals surface area contributed by atoms with Crippen LogP contribution in [0.4, 0.5) is 0 Å². The molecule has 1 N–H and O–H groups in total. The molecule has 0 aromatic carbocycles. The maximum Gasteiger partial charge on any atom is 0.129 e. The summed E-state index contributed by atoms with van der Waals surface area (Å²) >= 11 is 0. The van der Waals surface area contributed by atoms with Crippen molar-refractivity contribution in [3.8, 4) is 0 Å². The predicted molar refractivity (Wildman–Crippen MR) is 69.8 cm³/mol. The van der Waals surface area contributed by atoms with E-state index in [1.807, 2.05) is 33.9 Å².